The quantitative estimate of drug-likeness (QED) is 0.586. The Hall–Kier alpha value is -0.720. The van der Waals surface area contributed by atoms with Crippen LogP contribution in [-0.2, 0) is 6.42 Å². The molecule has 0 saturated heterocycles. The van der Waals surface area contributed by atoms with Crippen molar-refractivity contribution >= 4 is 0 Å². The van der Waals surface area contributed by atoms with E-state index in [1.165, 1.54) is 32.1 Å². The van der Waals surface area contributed by atoms with Crippen LogP contribution < -0.4 is 0 Å². The van der Waals surface area contributed by atoms with E-state index < -0.39 is 0 Å². The molecule has 1 aromatic heterocycles. The molecule has 0 fully saturated rings. The van der Waals surface area contributed by atoms with E-state index in [4.69, 9.17) is 4.42 Å². The summed E-state index contributed by atoms with van der Waals surface area (Å²) in [6, 6.07) is 4.02. The van der Waals surface area contributed by atoms with Gasteiger partial charge in [0.25, 0.3) is 0 Å². The van der Waals surface area contributed by atoms with E-state index in [0.29, 0.717) is 0 Å². The van der Waals surface area contributed by atoms with E-state index in [-0.39, 0.29) is 0 Å². The minimum atomic E-state index is 1.11. The van der Waals surface area contributed by atoms with Crippen LogP contribution in [0.1, 0.15) is 44.8 Å². The van der Waals surface area contributed by atoms with Crippen molar-refractivity contribution in [2.24, 2.45) is 0 Å². The summed E-state index contributed by atoms with van der Waals surface area (Å²) in [4.78, 5) is 0. The number of unbranched alkanes of at least 4 members (excludes halogenated alkanes) is 4. The Balaban J connectivity index is 1.96. The first-order chi connectivity index (χ1) is 5.93. The fourth-order valence-electron chi connectivity index (χ4n) is 1.36. The predicted molar refractivity (Wildman–Crippen MR) is 51.2 cm³/mol. The Labute approximate surface area is 74.8 Å². The van der Waals surface area contributed by atoms with Crippen LogP contribution in [0.5, 0.6) is 0 Å². The van der Waals surface area contributed by atoms with Crippen LogP contribution in [0.4, 0.5) is 0 Å². The Morgan fingerprint density at radius 2 is 2.00 bits per heavy atom. The van der Waals surface area contributed by atoms with Gasteiger partial charge in [-0.05, 0) is 18.6 Å². The zero-order chi connectivity index (χ0) is 8.65. The van der Waals surface area contributed by atoms with E-state index >= 15 is 0 Å². The second-order valence-electron chi connectivity index (χ2n) is 3.24. The van der Waals surface area contributed by atoms with Crippen LogP contribution in [0, 0.1) is 0 Å². The first-order valence-electron chi connectivity index (χ1n) is 4.96. The van der Waals surface area contributed by atoms with Gasteiger partial charge in [0.1, 0.15) is 5.76 Å². The number of aryl methyl sites for hydroxylation is 1. The molecule has 68 valence electrons. The van der Waals surface area contributed by atoms with Gasteiger partial charge >= 0.3 is 0 Å². The molecule has 1 nitrogen and oxygen atoms in total. The standard InChI is InChI=1S/C11H18O/c1-2-3-4-5-6-8-11-9-7-10-12-11/h7,9-10H,2-6,8H2,1H3. The second-order valence-corrected chi connectivity index (χ2v) is 3.24. The van der Waals surface area contributed by atoms with Gasteiger partial charge in [0.05, 0.1) is 6.26 Å². The molecular weight excluding hydrogens is 148 g/mol. The molecule has 0 N–H and O–H groups in total. The molecule has 1 rings (SSSR count). The van der Waals surface area contributed by atoms with Gasteiger partial charge < -0.3 is 4.42 Å². The third kappa shape index (κ3) is 3.61. The Morgan fingerprint density at radius 3 is 2.67 bits per heavy atom. The van der Waals surface area contributed by atoms with E-state index in [0.717, 1.165) is 12.2 Å². The highest BCUT2D eigenvalue weighted by atomic mass is 16.3. The summed E-state index contributed by atoms with van der Waals surface area (Å²) in [5.41, 5.74) is 0. The smallest absolute Gasteiger partial charge is 0.103 e. The lowest BCUT2D eigenvalue weighted by Crippen LogP contribution is -1.82. The topological polar surface area (TPSA) is 13.1 Å². The Morgan fingerprint density at radius 1 is 1.17 bits per heavy atom. The number of furan rings is 1. The zero-order valence-corrected chi connectivity index (χ0v) is 7.88. The molecule has 0 bridgehead atoms. The fraction of sp³-hybridized carbons (Fsp3) is 0.636. The molecule has 12 heavy (non-hydrogen) atoms. The second kappa shape index (κ2) is 5.87. The van der Waals surface area contributed by atoms with Gasteiger partial charge in [-0.3, -0.25) is 0 Å². The van der Waals surface area contributed by atoms with Crippen LogP contribution in [0.2, 0.25) is 0 Å². The SMILES string of the molecule is CCCCCCCc1ccco1. The first kappa shape index (κ1) is 9.37. The van der Waals surface area contributed by atoms with Gasteiger partial charge in [-0.25, -0.2) is 0 Å². The lowest BCUT2D eigenvalue weighted by atomic mass is 10.1. The molecule has 0 aromatic carbocycles. The van der Waals surface area contributed by atoms with Gasteiger partial charge in [-0.2, -0.15) is 0 Å². The average Bonchev–Trinajstić information content (AvgIpc) is 2.57. The first-order valence-corrected chi connectivity index (χ1v) is 4.96. The lowest BCUT2D eigenvalue weighted by Gasteiger charge is -1.97. The van der Waals surface area contributed by atoms with Gasteiger partial charge in [0.2, 0.25) is 0 Å². The van der Waals surface area contributed by atoms with Crippen molar-refractivity contribution in [1.29, 1.82) is 0 Å². The van der Waals surface area contributed by atoms with E-state index in [1.807, 2.05) is 6.07 Å². The average molecular weight is 166 g/mol. The van der Waals surface area contributed by atoms with E-state index in [2.05, 4.69) is 13.0 Å². The third-order valence-electron chi connectivity index (χ3n) is 2.11. The highest BCUT2D eigenvalue weighted by Crippen LogP contribution is 2.08. The van der Waals surface area contributed by atoms with Crippen LogP contribution in [0.3, 0.4) is 0 Å². The maximum Gasteiger partial charge on any atom is 0.103 e. The maximum absolute atomic E-state index is 5.24. The molecule has 0 unspecified atom stereocenters. The van der Waals surface area contributed by atoms with Crippen LogP contribution in [0.25, 0.3) is 0 Å². The molecular formula is C11H18O. The molecule has 0 atom stereocenters. The van der Waals surface area contributed by atoms with Crippen LogP contribution in [-0.4, -0.2) is 0 Å². The van der Waals surface area contributed by atoms with E-state index in [9.17, 15) is 0 Å². The van der Waals surface area contributed by atoms with Crippen molar-refractivity contribution in [2.75, 3.05) is 0 Å². The summed E-state index contributed by atoms with van der Waals surface area (Å²) < 4.78 is 5.24. The van der Waals surface area contributed by atoms with Crippen LogP contribution in [0.15, 0.2) is 22.8 Å². The third-order valence-corrected chi connectivity index (χ3v) is 2.11. The molecule has 0 saturated carbocycles. The van der Waals surface area contributed by atoms with Gasteiger partial charge in [-0.1, -0.05) is 32.6 Å². The molecule has 0 spiro atoms. The van der Waals surface area contributed by atoms with Crippen molar-refractivity contribution in [2.45, 2.75) is 45.4 Å². The van der Waals surface area contributed by atoms with Crippen molar-refractivity contribution in [3.05, 3.63) is 24.2 Å². The summed E-state index contributed by atoms with van der Waals surface area (Å²) in [5.74, 6) is 1.13. The minimum absolute atomic E-state index is 1.11. The fourth-order valence-corrected chi connectivity index (χ4v) is 1.36. The Kier molecular flexibility index (Phi) is 4.58. The van der Waals surface area contributed by atoms with Crippen molar-refractivity contribution in [3.8, 4) is 0 Å². The number of hydrogen-bond acceptors (Lipinski definition) is 1. The molecule has 0 amide bonds. The maximum atomic E-state index is 5.24. The Bertz CT molecular complexity index is 177. The minimum Gasteiger partial charge on any atom is -0.469 e. The summed E-state index contributed by atoms with van der Waals surface area (Å²) in [7, 11) is 0. The molecule has 0 aliphatic carbocycles. The highest BCUT2D eigenvalue weighted by molar-refractivity contribution is 4.97. The van der Waals surface area contributed by atoms with Crippen molar-refractivity contribution < 1.29 is 4.42 Å². The summed E-state index contributed by atoms with van der Waals surface area (Å²) >= 11 is 0. The predicted octanol–water partition coefficient (Wildman–Crippen LogP) is 3.79. The highest BCUT2D eigenvalue weighted by Gasteiger charge is 1.94. The molecule has 0 radical (unpaired) electrons. The van der Waals surface area contributed by atoms with Gasteiger partial charge in [0.15, 0.2) is 0 Å². The summed E-state index contributed by atoms with van der Waals surface area (Å²) in [5, 5.41) is 0. The van der Waals surface area contributed by atoms with Crippen molar-refractivity contribution in [3.63, 3.8) is 0 Å². The largest absolute Gasteiger partial charge is 0.469 e. The summed E-state index contributed by atoms with van der Waals surface area (Å²) in [6.07, 6.45) is 9.54. The molecule has 1 heterocycles. The summed E-state index contributed by atoms with van der Waals surface area (Å²) in [6.45, 7) is 2.24. The normalized spacial score (nSPS) is 10.4. The molecule has 1 heteroatoms. The monoisotopic (exact) mass is 166 g/mol. The molecule has 0 aliphatic rings. The zero-order valence-electron chi connectivity index (χ0n) is 7.88. The number of rotatable bonds is 6. The molecule has 1 aromatic rings. The lowest BCUT2D eigenvalue weighted by molar-refractivity contribution is 0.493. The van der Waals surface area contributed by atoms with Crippen molar-refractivity contribution in [1.82, 2.24) is 0 Å². The molecule has 0 aliphatic heterocycles. The number of hydrogen-bond donors (Lipinski definition) is 0. The van der Waals surface area contributed by atoms with Gasteiger partial charge in [0, 0.05) is 6.42 Å². The van der Waals surface area contributed by atoms with E-state index in [1.54, 1.807) is 6.26 Å². The van der Waals surface area contributed by atoms with Gasteiger partial charge in [-0.15, -0.1) is 0 Å². The van der Waals surface area contributed by atoms with Crippen LogP contribution >= 0.6 is 0 Å².